The molecule has 0 N–H and O–H groups in total. The number of rotatable bonds is 2. The van der Waals surface area contributed by atoms with E-state index in [4.69, 9.17) is 0 Å². The van der Waals surface area contributed by atoms with E-state index in [2.05, 4.69) is 20.9 Å². The van der Waals surface area contributed by atoms with Crippen LogP contribution in [0.15, 0.2) is 51.4 Å². The molecule has 5 nitrogen and oxygen atoms in total. The second kappa shape index (κ2) is 8.02. The normalized spacial score (nSPS) is 19.8. The zero-order valence-corrected chi connectivity index (χ0v) is 17.5. The number of alkyl halides is 3. The number of aromatic nitrogens is 2. The molecule has 2 aromatic rings. The second-order valence-corrected chi connectivity index (χ2v) is 8.24. The van der Waals surface area contributed by atoms with Gasteiger partial charge in [0.2, 0.25) is 0 Å². The highest BCUT2D eigenvalue weighted by Gasteiger charge is 2.37. The summed E-state index contributed by atoms with van der Waals surface area (Å²) in [6.07, 6.45) is 5.54. The molecule has 30 heavy (non-hydrogen) atoms. The van der Waals surface area contributed by atoms with Crippen molar-refractivity contribution >= 4 is 27.5 Å². The molecule has 9 heteroatoms. The quantitative estimate of drug-likeness (QED) is 0.636. The lowest BCUT2D eigenvalue weighted by Gasteiger charge is -2.28. The Labute approximate surface area is 179 Å². The molecule has 1 unspecified atom stereocenters. The van der Waals surface area contributed by atoms with E-state index >= 15 is 0 Å². The lowest BCUT2D eigenvalue weighted by Crippen LogP contribution is -2.36. The number of pyridine rings is 1. The van der Waals surface area contributed by atoms with Gasteiger partial charge < -0.3 is 4.90 Å². The summed E-state index contributed by atoms with van der Waals surface area (Å²) in [5.41, 5.74) is -0.990. The highest BCUT2D eigenvalue weighted by atomic mass is 79.9. The number of likely N-dealkylation sites (tertiary alicyclic amines) is 1. The minimum absolute atomic E-state index is 0.0139. The van der Waals surface area contributed by atoms with Crippen LogP contribution in [0.2, 0.25) is 0 Å². The van der Waals surface area contributed by atoms with Gasteiger partial charge in [0.05, 0.1) is 0 Å². The number of allylic oxidation sites excluding steroid dienone is 2. The van der Waals surface area contributed by atoms with E-state index in [1.165, 1.54) is 6.20 Å². The molecule has 1 saturated heterocycles. The molecule has 1 aliphatic carbocycles. The van der Waals surface area contributed by atoms with Gasteiger partial charge in [-0.15, -0.1) is 0 Å². The molecule has 0 radical (unpaired) electrons. The minimum Gasteiger partial charge on any atom is -0.339 e. The number of amides is 1. The third-order valence-corrected chi connectivity index (χ3v) is 6.20. The maximum absolute atomic E-state index is 13.3. The van der Waals surface area contributed by atoms with Gasteiger partial charge in [-0.2, -0.15) is 13.2 Å². The number of fused-ring (bicyclic) bond motifs is 1. The van der Waals surface area contributed by atoms with Gasteiger partial charge in [0.1, 0.15) is 10.1 Å². The van der Waals surface area contributed by atoms with Crippen LogP contribution in [0, 0.1) is 0 Å². The smallest absolute Gasteiger partial charge is 0.339 e. The molecule has 2 aromatic heterocycles. The average molecular weight is 482 g/mol. The largest absolute Gasteiger partial charge is 0.434 e. The van der Waals surface area contributed by atoms with Crippen molar-refractivity contribution in [2.75, 3.05) is 13.1 Å². The summed E-state index contributed by atoms with van der Waals surface area (Å²) in [5, 5.41) is 0. The van der Waals surface area contributed by atoms with E-state index in [1.54, 1.807) is 24.3 Å². The summed E-state index contributed by atoms with van der Waals surface area (Å²) in [7, 11) is 0. The van der Waals surface area contributed by atoms with Crippen LogP contribution in [0.5, 0.6) is 0 Å². The summed E-state index contributed by atoms with van der Waals surface area (Å²) >= 11 is 2.74. The Balaban J connectivity index is 1.67. The number of nitrogens with zero attached hydrogens (tertiary/aromatic N) is 3. The van der Waals surface area contributed by atoms with E-state index in [1.807, 2.05) is 11.0 Å². The van der Waals surface area contributed by atoms with Gasteiger partial charge in [-0.25, -0.2) is 4.98 Å². The summed E-state index contributed by atoms with van der Waals surface area (Å²) in [6.45, 7) is 1.50. The minimum atomic E-state index is -4.75. The van der Waals surface area contributed by atoms with Gasteiger partial charge in [-0.3, -0.25) is 14.0 Å². The molecule has 1 amide bonds. The maximum atomic E-state index is 13.3. The standard InChI is InChI=1S/C21H19BrF3N3O2/c22-16-17(21(23,24)25)26-18-15(5-4-12-28(18)20(16)30)13-6-8-14(9-7-13)19(29)27-10-2-1-3-11-27/h4-6,8-9,12-13H,1-3,7,10-11H2. The molecule has 0 saturated carbocycles. The van der Waals surface area contributed by atoms with Crippen molar-refractivity contribution in [2.45, 2.75) is 37.8 Å². The van der Waals surface area contributed by atoms with Gasteiger partial charge >= 0.3 is 6.18 Å². The zero-order chi connectivity index (χ0) is 21.5. The molecule has 2 aliphatic rings. The third kappa shape index (κ3) is 3.82. The Morgan fingerprint density at radius 2 is 1.93 bits per heavy atom. The Morgan fingerprint density at radius 1 is 1.20 bits per heavy atom. The Morgan fingerprint density at radius 3 is 2.57 bits per heavy atom. The van der Waals surface area contributed by atoms with Crippen LogP contribution >= 0.6 is 15.9 Å². The highest BCUT2D eigenvalue weighted by molar-refractivity contribution is 9.10. The molecule has 3 heterocycles. The number of hydrogen-bond donors (Lipinski definition) is 0. The molecule has 0 aromatic carbocycles. The molecule has 1 aliphatic heterocycles. The Bertz CT molecular complexity index is 1110. The number of hydrogen-bond acceptors (Lipinski definition) is 3. The molecule has 4 rings (SSSR count). The first kappa shape index (κ1) is 20.8. The van der Waals surface area contributed by atoms with Crippen LogP contribution in [0.3, 0.4) is 0 Å². The van der Waals surface area contributed by atoms with Crippen molar-refractivity contribution in [3.8, 4) is 0 Å². The number of halogens is 4. The second-order valence-electron chi connectivity index (χ2n) is 7.45. The van der Waals surface area contributed by atoms with Crippen LogP contribution in [-0.4, -0.2) is 33.3 Å². The lowest BCUT2D eigenvalue weighted by atomic mass is 9.90. The first-order valence-electron chi connectivity index (χ1n) is 9.73. The van der Waals surface area contributed by atoms with E-state index in [-0.39, 0.29) is 17.5 Å². The Hall–Kier alpha value is -2.42. The molecule has 0 spiro atoms. The Kier molecular flexibility index (Phi) is 5.57. The van der Waals surface area contributed by atoms with Gasteiger partial charge in [-0.05, 0) is 47.7 Å². The predicted molar refractivity (Wildman–Crippen MR) is 109 cm³/mol. The van der Waals surface area contributed by atoms with Crippen molar-refractivity contribution in [3.63, 3.8) is 0 Å². The molecule has 1 fully saturated rings. The number of carbonyl (C=O) groups excluding carboxylic acids is 1. The van der Waals surface area contributed by atoms with Gasteiger partial charge in [0, 0.05) is 36.3 Å². The van der Waals surface area contributed by atoms with Gasteiger partial charge in [0.15, 0.2) is 5.69 Å². The first-order valence-corrected chi connectivity index (χ1v) is 10.5. The van der Waals surface area contributed by atoms with Gasteiger partial charge in [0.25, 0.3) is 11.5 Å². The van der Waals surface area contributed by atoms with Gasteiger partial charge in [-0.1, -0.05) is 24.3 Å². The fraction of sp³-hybridized carbons (Fsp3) is 0.381. The first-order chi connectivity index (χ1) is 14.3. The summed E-state index contributed by atoms with van der Waals surface area (Å²) in [4.78, 5) is 30.7. The fourth-order valence-electron chi connectivity index (χ4n) is 3.93. The van der Waals surface area contributed by atoms with E-state index < -0.39 is 21.9 Å². The average Bonchev–Trinajstić information content (AvgIpc) is 2.75. The van der Waals surface area contributed by atoms with Crippen LogP contribution in [0.25, 0.3) is 5.65 Å². The summed E-state index contributed by atoms with van der Waals surface area (Å²) in [6, 6.07) is 3.27. The SMILES string of the molecule is O=C(C1=CCC(c2cccn3c(=O)c(Br)c(C(F)(F)F)nc23)C=C1)N1CCCCC1. The van der Waals surface area contributed by atoms with Crippen LogP contribution in [0.4, 0.5) is 13.2 Å². The molecular formula is C21H19BrF3N3O2. The van der Waals surface area contributed by atoms with Crippen LogP contribution < -0.4 is 5.56 Å². The molecule has 1 atom stereocenters. The molecule has 0 bridgehead atoms. The molecular weight excluding hydrogens is 463 g/mol. The lowest BCUT2D eigenvalue weighted by molar-refractivity contribution is -0.141. The topological polar surface area (TPSA) is 54.7 Å². The van der Waals surface area contributed by atoms with Crippen LogP contribution in [0.1, 0.15) is 42.9 Å². The van der Waals surface area contributed by atoms with E-state index in [0.717, 1.165) is 36.8 Å². The maximum Gasteiger partial charge on any atom is 0.434 e. The van der Waals surface area contributed by atoms with E-state index in [9.17, 15) is 22.8 Å². The van der Waals surface area contributed by atoms with E-state index in [0.29, 0.717) is 17.6 Å². The third-order valence-electron chi connectivity index (χ3n) is 5.49. The van der Waals surface area contributed by atoms with Crippen LogP contribution in [-0.2, 0) is 11.0 Å². The van der Waals surface area contributed by atoms with Crippen molar-refractivity contribution in [3.05, 3.63) is 68.2 Å². The highest BCUT2D eigenvalue weighted by Crippen LogP contribution is 2.34. The molecule has 158 valence electrons. The number of carbonyl (C=O) groups is 1. The predicted octanol–water partition coefficient (Wildman–Crippen LogP) is 4.46. The summed E-state index contributed by atoms with van der Waals surface area (Å²) < 4.78 is 40.5. The van der Waals surface area contributed by atoms with Crippen molar-refractivity contribution in [1.82, 2.24) is 14.3 Å². The fourth-order valence-corrected chi connectivity index (χ4v) is 4.43. The number of piperidine rings is 1. The van der Waals surface area contributed by atoms with Crippen molar-refractivity contribution in [1.29, 1.82) is 0 Å². The monoisotopic (exact) mass is 481 g/mol. The van der Waals surface area contributed by atoms with Crippen molar-refractivity contribution in [2.24, 2.45) is 0 Å². The summed E-state index contributed by atoms with van der Waals surface area (Å²) in [5.74, 6) is -0.298. The zero-order valence-electron chi connectivity index (χ0n) is 16.0. The van der Waals surface area contributed by atoms with Crippen molar-refractivity contribution < 1.29 is 18.0 Å².